The monoisotopic (exact) mass is 200 g/mol. The summed E-state index contributed by atoms with van der Waals surface area (Å²) in [6.07, 6.45) is 0.866. The van der Waals surface area contributed by atoms with Crippen LogP contribution in [0.25, 0.3) is 0 Å². The predicted molar refractivity (Wildman–Crippen MR) is 50.5 cm³/mol. The van der Waals surface area contributed by atoms with Gasteiger partial charge < -0.3 is 4.74 Å². The molecule has 0 aliphatic heterocycles. The van der Waals surface area contributed by atoms with E-state index >= 15 is 0 Å². The minimum absolute atomic E-state index is 0.122. The number of carbonyl (C=O) groups excluding carboxylic acids is 3. The third kappa shape index (κ3) is 5.45. The van der Waals surface area contributed by atoms with Gasteiger partial charge in [0.15, 0.2) is 0 Å². The highest BCUT2D eigenvalue weighted by Gasteiger charge is 2.18. The fraction of sp³-hybridized carbons (Fsp3) is 0.700. The van der Waals surface area contributed by atoms with Crippen LogP contribution in [0.2, 0.25) is 0 Å². The smallest absolute Gasteiger partial charge is 0.382 e. The third-order valence-electron chi connectivity index (χ3n) is 1.49. The standard InChI is InChI=1S/C10H16O4/c1-4-5-8(11)10(13)14-9(12)6-7(2)3/h7H,4-6H2,1-3H3. The second-order valence-electron chi connectivity index (χ2n) is 3.53. The Morgan fingerprint density at radius 2 is 1.79 bits per heavy atom. The lowest BCUT2D eigenvalue weighted by Crippen LogP contribution is -2.21. The molecule has 0 saturated heterocycles. The van der Waals surface area contributed by atoms with Gasteiger partial charge in [-0.25, -0.2) is 4.79 Å². The van der Waals surface area contributed by atoms with E-state index in [1.54, 1.807) is 6.92 Å². The Labute approximate surface area is 83.6 Å². The van der Waals surface area contributed by atoms with Crippen LogP contribution < -0.4 is 0 Å². The van der Waals surface area contributed by atoms with Crippen molar-refractivity contribution in [2.45, 2.75) is 40.0 Å². The van der Waals surface area contributed by atoms with Gasteiger partial charge in [-0.05, 0) is 12.3 Å². The molecule has 0 amide bonds. The average Bonchev–Trinajstić information content (AvgIpc) is 2.02. The predicted octanol–water partition coefficient (Wildman–Crippen LogP) is 1.47. The molecule has 0 fully saturated rings. The zero-order valence-electron chi connectivity index (χ0n) is 8.83. The fourth-order valence-corrected chi connectivity index (χ4v) is 0.864. The van der Waals surface area contributed by atoms with Gasteiger partial charge in [0.2, 0.25) is 5.78 Å². The van der Waals surface area contributed by atoms with Gasteiger partial charge >= 0.3 is 11.9 Å². The summed E-state index contributed by atoms with van der Waals surface area (Å²) in [5.74, 6) is -2.17. The van der Waals surface area contributed by atoms with Crippen LogP contribution >= 0.6 is 0 Å². The summed E-state index contributed by atoms with van der Waals surface area (Å²) in [6, 6.07) is 0. The molecule has 0 aromatic carbocycles. The van der Waals surface area contributed by atoms with E-state index < -0.39 is 17.7 Å². The van der Waals surface area contributed by atoms with Crippen molar-refractivity contribution in [1.29, 1.82) is 0 Å². The first kappa shape index (κ1) is 12.8. The number of ether oxygens (including phenoxy) is 1. The Hall–Kier alpha value is -1.19. The van der Waals surface area contributed by atoms with E-state index in [0.29, 0.717) is 6.42 Å². The number of hydrogen-bond acceptors (Lipinski definition) is 4. The van der Waals surface area contributed by atoms with Crippen LogP contribution in [0.4, 0.5) is 0 Å². The largest absolute Gasteiger partial charge is 0.387 e. The Balaban J connectivity index is 3.94. The van der Waals surface area contributed by atoms with Crippen molar-refractivity contribution in [1.82, 2.24) is 0 Å². The molecule has 0 aliphatic rings. The van der Waals surface area contributed by atoms with E-state index in [1.807, 2.05) is 13.8 Å². The Morgan fingerprint density at radius 3 is 2.21 bits per heavy atom. The summed E-state index contributed by atoms with van der Waals surface area (Å²) in [4.78, 5) is 32.8. The van der Waals surface area contributed by atoms with E-state index in [1.165, 1.54) is 0 Å². The number of esters is 2. The van der Waals surface area contributed by atoms with Gasteiger partial charge in [-0.1, -0.05) is 20.8 Å². The van der Waals surface area contributed by atoms with Crippen molar-refractivity contribution >= 4 is 17.7 Å². The molecule has 0 aromatic heterocycles. The van der Waals surface area contributed by atoms with Gasteiger partial charge in [-0.2, -0.15) is 0 Å². The van der Waals surface area contributed by atoms with E-state index in [9.17, 15) is 14.4 Å². The maximum atomic E-state index is 11.0. The minimum Gasteiger partial charge on any atom is -0.387 e. The molecule has 0 spiro atoms. The molecule has 0 saturated carbocycles. The van der Waals surface area contributed by atoms with Crippen LogP contribution in [-0.4, -0.2) is 17.7 Å². The SMILES string of the molecule is CCCC(=O)C(=O)OC(=O)CC(C)C. The maximum absolute atomic E-state index is 11.0. The first-order chi connectivity index (χ1) is 6.47. The lowest BCUT2D eigenvalue weighted by atomic mass is 10.1. The lowest BCUT2D eigenvalue weighted by Gasteiger charge is -2.03. The van der Waals surface area contributed by atoms with Crippen molar-refractivity contribution in [2.24, 2.45) is 5.92 Å². The summed E-state index contributed by atoms with van der Waals surface area (Å²) in [7, 11) is 0. The van der Waals surface area contributed by atoms with E-state index in [4.69, 9.17) is 0 Å². The first-order valence-electron chi connectivity index (χ1n) is 4.75. The zero-order chi connectivity index (χ0) is 11.1. The molecule has 0 bridgehead atoms. The molecule has 0 radical (unpaired) electrons. The van der Waals surface area contributed by atoms with E-state index in [2.05, 4.69) is 4.74 Å². The van der Waals surface area contributed by atoms with E-state index in [0.717, 1.165) is 0 Å². The second-order valence-corrected chi connectivity index (χ2v) is 3.53. The summed E-state index contributed by atoms with van der Waals surface area (Å²) < 4.78 is 4.35. The molecule has 0 aliphatic carbocycles. The topological polar surface area (TPSA) is 60.4 Å². The maximum Gasteiger partial charge on any atom is 0.382 e. The molecule has 4 heteroatoms. The average molecular weight is 200 g/mol. The van der Waals surface area contributed by atoms with Crippen molar-refractivity contribution < 1.29 is 19.1 Å². The van der Waals surface area contributed by atoms with Gasteiger partial charge in [-0.3, -0.25) is 9.59 Å². The highest BCUT2D eigenvalue weighted by molar-refractivity contribution is 6.35. The van der Waals surface area contributed by atoms with Crippen molar-refractivity contribution in [3.63, 3.8) is 0 Å². The third-order valence-corrected chi connectivity index (χ3v) is 1.49. The molecule has 0 atom stereocenters. The molecule has 0 unspecified atom stereocenters. The quantitative estimate of drug-likeness (QED) is 0.383. The van der Waals surface area contributed by atoms with Crippen LogP contribution in [-0.2, 0) is 19.1 Å². The van der Waals surface area contributed by atoms with Gasteiger partial charge in [0.05, 0.1) is 0 Å². The minimum atomic E-state index is -1.03. The molecule has 4 nitrogen and oxygen atoms in total. The normalized spacial score (nSPS) is 10.0. The van der Waals surface area contributed by atoms with Crippen LogP contribution in [0.15, 0.2) is 0 Å². The molecule has 80 valence electrons. The first-order valence-corrected chi connectivity index (χ1v) is 4.75. The molecule has 0 aromatic rings. The second kappa shape index (κ2) is 6.29. The van der Waals surface area contributed by atoms with Gasteiger partial charge in [0.1, 0.15) is 0 Å². The molecule has 14 heavy (non-hydrogen) atoms. The fourth-order valence-electron chi connectivity index (χ4n) is 0.864. The summed E-state index contributed by atoms with van der Waals surface area (Å²) in [6.45, 7) is 5.44. The number of ketones is 1. The van der Waals surface area contributed by atoms with Crippen molar-refractivity contribution in [3.8, 4) is 0 Å². The van der Waals surface area contributed by atoms with Gasteiger partial charge in [-0.15, -0.1) is 0 Å². The van der Waals surface area contributed by atoms with Crippen LogP contribution in [0.5, 0.6) is 0 Å². The Bertz CT molecular complexity index is 230. The van der Waals surface area contributed by atoms with Crippen molar-refractivity contribution in [2.75, 3.05) is 0 Å². The molecular weight excluding hydrogens is 184 g/mol. The Morgan fingerprint density at radius 1 is 1.21 bits per heavy atom. The zero-order valence-corrected chi connectivity index (χ0v) is 8.83. The Kier molecular flexibility index (Phi) is 5.76. The van der Waals surface area contributed by atoms with Gasteiger partial charge in [0, 0.05) is 12.8 Å². The summed E-state index contributed by atoms with van der Waals surface area (Å²) in [5.41, 5.74) is 0. The van der Waals surface area contributed by atoms with E-state index in [-0.39, 0.29) is 18.8 Å². The number of rotatable bonds is 5. The molecule has 0 heterocycles. The summed E-state index contributed by atoms with van der Waals surface area (Å²) in [5, 5.41) is 0. The van der Waals surface area contributed by atoms with Crippen LogP contribution in [0, 0.1) is 5.92 Å². The van der Waals surface area contributed by atoms with Crippen LogP contribution in [0.3, 0.4) is 0 Å². The number of hydrogen-bond donors (Lipinski definition) is 0. The molecule has 0 rings (SSSR count). The molecule has 0 N–H and O–H groups in total. The van der Waals surface area contributed by atoms with Crippen molar-refractivity contribution in [3.05, 3.63) is 0 Å². The highest BCUT2D eigenvalue weighted by Crippen LogP contribution is 2.02. The number of Topliss-reactive ketones (excluding diaryl/α,β-unsaturated/α-hetero) is 1. The molecular formula is C10H16O4. The number of carbonyl (C=O) groups is 3. The van der Waals surface area contributed by atoms with Gasteiger partial charge in [0.25, 0.3) is 0 Å². The summed E-state index contributed by atoms with van der Waals surface area (Å²) >= 11 is 0. The lowest BCUT2D eigenvalue weighted by molar-refractivity contribution is -0.164. The van der Waals surface area contributed by atoms with Crippen LogP contribution in [0.1, 0.15) is 40.0 Å². The highest BCUT2D eigenvalue weighted by atomic mass is 16.6.